The molecule has 0 unspecified atom stereocenters. The number of nitrogens with zero attached hydrogens (tertiary/aromatic N) is 2. The molecule has 78 valence electrons. The predicted molar refractivity (Wildman–Crippen MR) is 60.4 cm³/mol. The summed E-state index contributed by atoms with van der Waals surface area (Å²) in [5.74, 6) is 0. The molecule has 0 bridgehead atoms. The summed E-state index contributed by atoms with van der Waals surface area (Å²) in [7, 11) is 2.00. The molecular weight excluding hydrogens is 196 g/mol. The zero-order chi connectivity index (χ0) is 10.7. The Morgan fingerprint density at radius 1 is 1.57 bits per heavy atom. The SMILES string of the molecule is CCc1nc(N(C)C(C)C)sc1C=O. The molecule has 0 radical (unpaired) electrons. The summed E-state index contributed by atoms with van der Waals surface area (Å²) in [6.07, 6.45) is 1.71. The lowest BCUT2D eigenvalue weighted by Gasteiger charge is -2.19. The maximum absolute atomic E-state index is 10.7. The first-order valence-corrected chi connectivity index (χ1v) is 5.59. The minimum absolute atomic E-state index is 0.408. The van der Waals surface area contributed by atoms with Crippen LogP contribution in [0.5, 0.6) is 0 Å². The molecule has 0 aromatic carbocycles. The first-order valence-electron chi connectivity index (χ1n) is 4.77. The molecule has 14 heavy (non-hydrogen) atoms. The fraction of sp³-hybridized carbons (Fsp3) is 0.600. The molecule has 0 aliphatic heterocycles. The van der Waals surface area contributed by atoms with Crippen LogP contribution in [0.3, 0.4) is 0 Å². The molecule has 0 amide bonds. The second-order valence-electron chi connectivity index (χ2n) is 3.48. The van der Waals surface area contributed by atoms with Gasteiger partial charge in [0.05, 0.1) is 10.6 Å². The third-order valence-corrected chi connectivity index (χ3v) is 3.35. The third-order valence-electron chi connectivity index (χ3n) is 2.23. The number of thiazole rings is 1. The number of carbonyl (C=O) groups is 1. The average Bonchev–Trinajstić information content (AvgIpc) is 2.59. The second kappa shape index (κ2) is 4.55. The monoisotopic (exact) mass is 212 g/mol. The highest BCUT2D eigenvalue weighted by atomic mass is 32.1. The van der Waals surface area contributed by atoms with Crippen LogP contribution in [-0.2, 0) is 6.42 Å². The Hall–Kier alpha value is -0.900. The Morgan fingerprint density at radius 3 is 2.57 bits per heavy atom. The Labute approximate surface area is 88.8 Å². The van der Waals surface area contributed by atoms with Gasteiger partial charge in [-0.25, -0.2) is 4.98 Å². The maximum atomic E-state index is 10.7. The van der Waals surface area contributed by atoms with Gasteiger partial charge in [-0.05, 0) is 20.3 Å². The molecule has 1 heterocycles. The van der Waals surface area contributed by atoms with Crippen molar-refractivity contribution >= 4 is 22.8 Å². The zero-order valence-corrected chi connectivity index (χ0v) is 9.89. The van der Waals surface area contributed by atoms with Crippen LogP contribution in [0, 0.1) is 0 Å². The van der Waals surface area contributed by atoms with E-state index in [0.717, 1.165) is 28.4 Å². The first kappa shape index (κ1) is 11.2. The number of aromatic nitrogens is 1. The van der Waals surface area contributed by atoms with E-state index < -0.39 is 0 Å². The van der Waals surface area contributed by atoms with Gasteiger partial charge in [-0.3, -0.25) is 4.79 Å². The van der Waals surface area contributed by atoms with Gasteiger partial charge in [0.1, 0.15) is 0 Å². The second-order valence-corrected chi connectivity index (χ2v) is 4.49. The van der Waals surface area contributed by atoms with Gasteiger partial charge in [-0.2, -0.15) is 0 Å². The summed E-state index contributed by atoms with van der Waals surface area (Å²) in [6.45, 7) is 6.22. The summed E-state index contributed by atoms with van der Waals surface area (Å²) >= 11 is 1.47. The Bertz CT molecular complexity index is 320. The lowest BCUT2D eigenvalue weighted by molar-refractivity contribution is 0.112. The van der Waals surface area contributed by atoms with Crippen molar-refractivity contribution in [3.63, 3.8) is 0 Å². The fourth-order valence-electron chi connectivity index (χ4n) is 1.07. The van der Waals surface area contributed by atoms with Crippen molar-refractivity contribution in [2.75, 3.05) is 11.9 Å². The summed E-state index contributed by atoms with van der Waals surface area (Å²) in [6, 6.07) is 0.408. The summed E-state index contributed by atoms with van der Waals surface area (Å²) in [5, 5.41) is 0.930. The highest BCUT2D eigenvalue weighted by Gasteiger charge is 2.13. The minimum atomic E-state index is 0.408. The van der Waals surface area contributed by atoms with Crippen LogP contribution < -0.4 is 4.90 Å². The van der Waals surface area contributed by atoms with E-state index in [0.29, 0.717) is 6.04 Å². The zero-order valence-electron chi connectivity index (χ0n) is 9.07. The molecule has 0 fully saturated rings. The van der Waals surface area contributed by atoms with Gasteiger partial charge < -0.3 is 4.90 Å². The molecule has 0 saturated carbocycles. The summed E-state index contributed by atoms with van der Waals surface area (Å²) in [5.41, 5.74) is 0.910. The van der Waals surface area contributed by atoms with Gasteiger partial charge in [0, 0.05) is 13.1 Å². The molecule has 0 saturated heterocycles. The van der Waals surface area contributed by atoms with E-state index in [-0.39, 0.29) is 0 Å². The molecule has 4 heteroatoms. The number of hydrogen-bond acceptors (Lipinski definition) is 4. The highest BCUT2D eigenvalue weighted by Crippen LogP contribution is 2.25. The van der Waals surface area contributed by atoms with E-state index >= 15 is 0 Å². The maximum Gasteiger partial charge on any atom is 0.186 e. The number of aryl methyl sites for hydroxylation is 1. The van der Waals surface area contributed by atoms with Crippen molar-refractivity contribution < 1.29 is 4.79 Å². The number of rotatable bonds is 4. The van der Waals surface area contributed by atoms with Crippen LogP contribution in [0.1, 0.15) is 36.1 Å². The Kier molecular flexibility index (Phi) is 3.63. The van der Waals surface area contributed by atoms with Gasteiger partial charge >= 0.3 is 0 Å². The average molecular weight is 212 g/mol. The van der Waals surface area contributed by atoms with Gasteiger partial charge in [0.15, 0.2) is 11.4 Å². The number of carbonyl (C=O) groups excluding carboxylic acids is 1. The molecule has 1 rings (SSSR count). The van der Waals surface area contributed by atoms with Crippen molar-refractivity contribution in [1.82, 2.24) is 4.98 Å². The number of anilines is 1. The molecule has 1 aromatic heterocycles. The topological polar surface area (TPSA) is 33.2 Å². The summed E-state index contributed by atoms with van der Waals surface area (Å²) < 4.78 is 0. The van der Waals surface area contributed by atoms with Crippen molar-refractivity contribution in [2.24, 2.45) is 0 Å². The fourth-order valence-corrected chi connectivity index (χ4v) is 2.13. The van der Waals surface area contributed by atoms with Crippen molar-refractivity contribution in [3.8, 4) is 0 Å². The molecule has 1 aromatic rings. The van der Waals surface area contributed by atoms with Gasteiger partial charge in [-0.1, -0.05) is 18.3 Å². The Morgan fingerprint density at radius 2 is 2.21 bits per heavy atom. The van der Waals surface area contributed by atoms with Crippen LogP contribution in [0.25, 0.3) is 0 Å². The van der Waals surface area contributed by atoms with Crippen LogP contribution >= 0.6 is 11.3 Å². The van der Waals surface area contributed by atoms with E-state index in [9.17, 15) is 4.79 Å². The van der Waals surface area contributed by atoms with Crippen LogP contribution in [0.15, 0.2) is 0 Å². The molecular formula is C10H16N2OS. The van der Waals surface area contributed by atoms with E-state index in [4.69, 9.17) is 0 Å². The molecule has 0 N–H and O–H groups in total. The molecule has 0 aliphatic carbocycles. The molecule has 0 spiro atoms. The lowest BCUT2D eigenvalue weighted by atomic mass is 10.3. The lowest BCUT2D eigenvalue weighted by Crippen LogP contribution is -2.25. The van der Waals surface area contributed by atoms with Crippen molar-refractivity contribution in [1.29, 1.82) is 0 Å². The number of hydrogen-bond donors (Lipinski definition) is 0. The van der Waals surface area contributed by atoms with Crippen LogP contribution in [0.4, 0.5) is 5.13 Å². The smallest absolute Gasteiger partial charge is 0.186 e. The predicted octanol–water partition coefficient (Wildman–Crippen LogP) is 2.36. The van der Waals surface area contributed by atoms with E-state index in [2.05, 4.69) is 23.7 Å². The normalized spacial score (nSPS) is 10.6. The molecule has 3 nitrogen and oxygen atoms in total. The van der Waals surface area contributed by atoms with E-state index in [1.165, 1.54) is 11.3 Å². The standard InChI is InChI=1S/C10H16N2OS/c1-5-8-9(6-13)14-10(11-8)12(4)7(2)3/h6-7H,5H2,1-4H3. The summed E-state index contributed by atoms with van der Waals surface area (Å²) in [4.78, 5) is 18.0. The van der Waals surface area contributed by atoms with Gasteiger partial charge in [0.2, 0.25) is 0 Å². The van der Waals surface area contributed by atoms with Crippen molar-refractivity contribution in [2.45, 2.75) is 33.2 Å². The highest BCUT2D eigenvalue weighted by molar-refractivity contribution is 7.17. The van der Waals surface area contributed by atoms with Crippen molar-refractivity contribution in [3.05, 3.63) is 10.6 Å². The third kappa shape index (κ3) is 2.12. The van der Waals surface area contributed by atoms with Crippen LogP contribution in [-0.4, -0.2) is 24.4 Å². The Balaban J connectivity index is 3.00. The van der Waals surface area contributed by atoms with Gasteiger partial charge in [-0.15, -0.1) is 0 Å². The first-order chi connectivity index (χ1) is 6.60. The van der Waals surface area contributed by atoms with Crippen LogP contribution in [0.2, 0.25) is 0 Å². The quantitative estimate of drug-likeness (QED) is 0.718. The largest absolute Gasteiger partial charge is 0.349 e. The van der Waals surface area contributed by atoms with E-state index in [1.54, 1.807) is 0 Å². The van der Waals surface area contributed by atoms with E-state index in [1.807, 2.05) is 14.0 Å². The van der Waals surface area contributed by atoms with Gasteiger partial charge in [0.25, 0.3) is 0 Å². The molecule has 0 atom stereocenters. The minimum Gasteiger partial charge on any atom is -0.349 e. The number of aldehydes is 1. The molecule has 0 aliphatic rings.